The number of halogens is 1. The van der Waals surface area contributed by atoms with Crippen molar-refractivity contribution < 1.29 is 17.9 Å². The second-order valence-corrected chi connectivity index (χ2v) is 10.2. The second kappa shape index (κ2) is 6.89. The topological polar surface area (TPSA) is 81.6 Å². The Morgan fingerprint density at radius 2 is 1.92 bits per heavy atom. The monoisotopic (exact) mass is 401 g/mol. The van der Waals surface area contributed by atoms with Crippen molar-refractivity contribution in [2.45, 2.75) is 48.6 Å². The van der Waals surface area contributed by atoms with Crippen LogP contribution in [0, 0.1) is 0 Å². The lowest BCUT2D eigenvalue weighted by Crippen LogP contribution is -2.46. The number of nitrogens with zero attached hydrogens (tertiary/aromatic N) is 3. The molecule has 2 aliphatic heterocycles. The average molecular weight is 402 g/mol. The van der Waals surface area contributed by atoms with E-state index >= 15 is 0 Å². The van der Waals surface area contributed by atoms with Crippen molar-refractivity contribution in [3.8, 4) is 0 Å². The Balaban J connectivity index is 1.79. The van der Waals surface area contributed by atoms with Crippen LogP contribution in [-0.4, -0.2) is 62.6 Å². The molecule has 3 heterocycles. The molecular weight excluding hydrogens is 378 g/mol. The van der Waals surface area contributed by atoms with Gasteiger partial charge < -0.3 is 14.4 Å². The maximum absolute atomic E-state index is 13.3. The van der Waals surface area contributed by atoms with E-state index < -0.39 is 14.6 Å². The standard InChI is InChI=1S/C17H24ClN3O4S/c1-12-11-25-9-6-21(12)15-10-14(19-16(18)20-15)17(4-7-24-8-5-17)26(22,23)13-2-3-13/h10,12-13H,2-9,11H2,1H3/t12-/m0/s1. The molecule has 0 bridgehead atoms. The van der Waals surface area contributed by atoms with E-state index in [1.165, 1.54) is 0 Å². The van der Waals surface area contributed by atoms with Crippen molar-refractivity contribution >= 4 is 27.3 Å². The second-order valence-electron chi connectivity index (χ2n) is 7.35. The molecule has 144 valence electrons. The van der Waals surface area contributed by atoms with Crippen LogP contribution in [0.25, 0.3) is 0 Å². The van der Waals surface area contributed by atoms with Gasteiger partial charge in [-0.25, -0.2) is 18.4 Å². The minimum absolute atomic E-state index is 0.0908. The van der Waals surface area contributed by atoms with Gasteiger partial charge in [0, 0.05) is 25.8 Å². The maximum atomic E-state index is 13.3. The van der Waals surface area contributed by atoms with Crippen LogP contribution >= 0.6 is 11.6 Å². The Morgan fingerprint density at radius 1 is 1.19 bits per heavy atom. The lowest BCUT2D eigenvalue weighted by molar-refractivity contribution is 0.0728. The van der Waals surface area contributed by atoms with Crippen LogP contribution in [0.15, 0.2) is 6.07 Å². The van der Waals surface area contributed by atoms with Crippen molar-refractivity contribution in [1.29, 1.82) is 0 Å². The Kier molecular flexibility index (Phi) is 4.88. The number of aromatic nitrogens is 2. The van der Waals surface area contributed by atoms with Crippen molar-refractivity contribution in [2.75, 3.05) is 37.9 Å². The molecule has 0 amide bonds. The van der Waals surface area contributed by atoms with Crippen LogP contribution in [0.2, 0.25) is 5.28 Å². The van der Waals surface area contributed by atoms with E-state index in [4.69, 9.17) is 21.1 Å². The summed E-state index contributed by atoms with van der Waals surface area (Å²) in [5, 5.41) is -0.173. The van der Waals surface area contributed by atoms with Crippen molar-refractivity contribution in [3.05, 3.63) is 17.0 Å². The van der Waals surface area contributed by atoms with E-state index in [0.29, 0.717) is 57.3 Å². The highest BCUT2D eigenvalue weighted by Crippen LogP contribution is 2.47. The van der Waals surface area contributed by atoms with E-state index in [0.717, 1.165) is 12.8 Å². The Morgan fingerprint density at radius 3 is 2.58 bits per heavy atom. The molecule has 0 unspecified atom stereocenters. The summed E-state index contributed by atoms with van der Waals surface area (Å²) in [6, 6.07) is 1.96. The SMILES string of the molecule is C[C@H]1COCCN1c1cc(C2(S(=O)(=O)C3CC3)CCOCC2)nc(Cl)n1. The van der Waals surface area contributed by atoms with E-state index in [-0.39, 0.29) is 16.6 Å². The summed E-state index contributed by atoms with van der Waals surface area (Å²) in [6.07, 6.45) is 2.29. The summed E-state index contributed by atoms with van der Waals surface area (Å²) in [7, 11) is -3.35. The quantitative estimate of drug-likeness (QED) is 0.713. The first-order valence-corrected chi connectivity index (χ1v) is 11.1. The molecule has 4 rings (SSSR count). The van der Waals surface area contributed by atoms with Crippen molar-refractivity contribution in [1.82, 2.24) is 9.97 Å². The lowest BCUT2D eigenvalue weighted by atomic mass is 9.94. The Hall–Kier alpha value is -0.960. The normalized spacial score (nSPS) is 26.7. The van der Waals surface area contributed by atoms with Crippen LogP contribution in [0.4, 0.5) is 5.82 Å². The summed E-state index contributed by atoms with van der Waals surface area (Å²) in [5.74, 6) is 0.674. The van der Waals surface area contributed by atoms with Gasteiger partial charge in [0.15, 0.2) is 9.84 Å². The zero-order valence-electron chi connectivity index (χ0n) is 14.9. The first kappa shape index (κ1) is 18.4. The highest BCUT2D eigenvalue weighted by molar-refractivity contribution is 7.93. The van der Waals surface area contributed by atoms with E-state index in [1.54, 1.807) is 0 Å². The molecule has 26 heavy (non-hydrogen) atoms. The number of sulfone groups is 1. The number of morpholine rings is 1. The Bertz CT molecular complexity index is 778. The minimum atomic E-state index is -3.35. The molecule has 1 aromatic heterocycles. The minimum Gasteiger partial charge on any atom is -0.381 e. The molecule has 1 atom stereocenters. The molecule has 7 nitrogen and oxygen atoms in total. The molecule has 3 aliphatic rings. The summed E-state index contributed by atoms with van der Waals surface area (Å²) in [5.41, 5.74) is 0.515. The van der Waals surface area contributed by atoms with Crippen LogP contribution in [-0.2, 0) is 24.1 Å². The molecule has 3 fully saturated rings. The number of hydrogen-bond donors (Lipinski definition) is 0. The molecular formula is C17H24ClN3O4S. The molecule has 0 spiro atoms. The van der Waals surface area contributed by atoms with Gasteiger partial charge in [0.25, 0.3) is 0 Å². The third-order valence-corrected chi connectivity index (χ3v) is 8.85. The van der Waals surface area contributed by atoms with Crippen LogP contribution in [0.3, 0.4) is 0 Å². The van der Waals surface area contributed by atoms with Crippen LogP contribution < -0.4 is 4.90 Å². The molecule has 0 N–H and O–H groups in total. The number of ether oxygens (including phenoxy) is 2. The highest BCUT2D eigenvalue weighted by atomic mass is 35.5. The lowest BCUT2D eigenvalue weighted by Gasteiger charge is -2.38. The molecule has 1 saturated carbocycles. The van der Waals surface area contributed by atoms with Gasteiger partial charge in [0.05, 0.1) is 30.2 Å². The van der Waals surface area contributed by atoms with E-state index in [1.807, 2.05) is 6.07 Å². The van der Waals surface area contributed by atoms with Gasteiger partial charge in [-0.05, 0) is 44.2 Å². The number of anilines is 1. The molecule has 1 aromatic rings. The fourth-order valence-electron chi connectivity index (χ4n) is 3.94. The van der Waals surface area contributed by atoms with Gasteiger partial charge in [-0.15, -0.1) is 0 Å². The van der Waals surface area contributed by atoms with Gasteiger partial charge >= 0.3 is 0 Å². The van der Waals surface area contributed by atoms with Crippen LogP contribution in [0.5, 0.6) is 0 Å². The first-order chi connectivity index (χ1) is 12.4. The van der Waals surface area contributed by atoms with Crippen molar-refractivity contribution in [2.24, 2.45) is 0 Å². The maximum Gasteiger partial charge on any atom is 0.224 e. The fraction of sp³-hybridized carbons (Fsp3) is 0.765. The van der Waals surface area contributed by atoms with Gasteiger partial charge in [0.2, 0.25) is 5.28 Å². The largest absolute Gasteiger partial charge is 0.381 e. The summed E-state index contributed by atoms with van der Waals surface area (Å²) < 4.78 is 36.6. The molecule has 0 radical (unpaired) electrons. The zero-order valence-corrected chi connectivity index (χ0v) is 16.4. The summed E-state index contributed by atoms with van der Waals surface area (Å²) in [4.78, 5) is 10.9. The molecule has 9 heteroatoms. The molecule has 2 saturated heterocycles. The van der Waals surface area contributed by atoms with Crippen LogP contribution in [0.1, 0.15) is 38.3 Å². The molecule has 0 aromatic carbocycles. The third-order valence-electron chi connectivity index (χ3n) is 5.62. The van der Waals surface area contributed by atoms with Gasteiger partial charge in [-0.1, -0.05) is 0 Å². The highest BCUT2D eigenvalue weighted by Gasteiger charge is 2.54. The van der Waals surface area contributed by atoms with Gasteiger partial charge in [-0.2, -0.15) is 0 Å². The smallest absolute Gasteiger partial charge is 0.224 e. The molecule has 1 aliphatic carbocycles. The Labute approximate surface area is 159 Å². The third kappa shape index (κ3) is 3.10. The summed E-state index contributed by atoms with van der Waals surface area (Å²) in [6.45, 7) is 4.80. The van der Waals surface area contributed by atoms with Crippen molar-refractivity contribution in [3.63, 3.8) is 0 Å². The van der Waals surface area contributed by atoms with E-state index in [2.05, 4.69) is 21.8 Å². The van der Waals surface area contributed by atoms with Gasteiger partial charge in [0.1, 0.15) is 10.6 Å². The van der Waals surface area contributed by atoms with E-state index in [9.17, 15) is 8.42 Å². The zero-order chi connectivity index (χ0) is 18.4. The summed E-state index contributed by atoms with van der Waals surface area (Å²) >= 11 is 6.24. The number of hydrogen-bond acceptors (Lipinski definition) is 7. The van der Waals surface area contributed by atoms with Gasteiger partial charge in [-0.3, -0.25) is 0 Å². The average Bonchev–Trinajstić information content (AvgIpc) is 3.48. The predicted molar refractivity (Wildman–Crippen MR) is 98.3 cm³/mol. The number of rotatable bonds is 4. The first-order valence-electron chi connectivity index (χ1n) is 9.15. The fourth-order valence-corrected chi connectivity index (χ4v) is 6.64. The predicted octanol–water partition coefficient (Wildman–Crippen LogP) is 1.94.